The standard InChI is InChI=1S/C21H19ClFN3O/c1-14-4-6-17(22)12-19(14)25-21(27)16(13-24)10-15-5-7-20(18(23)11-15)26-8-2-3-9-26/h4-7,10-12H,2-3,8-9H2,1H3,(H,25,27)/b16-10-. The maximum atomic E-state index is 14.4. The van der Waals surface area contributed by atoms with Crippen LogP contribution < -0.4 is 10.2 Å². The minimum Gasteiger partial charge on any atom is -0.369 e. The Balaban J connectivity index is 1.81. The summed E-state index contributed by atoms with van der Waals surface area (Å²) in [5.41, 5.74) is 2.27. The van der Waals surface area contributed by atoms with Crippen LogP contribution in [0.4, 0.5) is 15.8 Å². The van der Waals surface area contributed by atoms with Gasteiger partial charge in [0, 0.05) is 23.8 Å². The van der Waals surface area contributed by atoms with Crippen molar-refractivity contribution in [1.82, 2.24) is 0 Å². The largest absolute Gasteiger partial charge is 0.369 e. The summed E-state index contributed by atoms with van der Waals surface area (Å²) in [6.07, 6.45) is 3.50. The number of carbonyl (C=O) groups excluding carboxylic acids is 1. The van der Waals surface area contributed by atoms with Crippen LogP contribution in [0.2, 0.25) is 5.02 Å². The molecule has 27 heavy (non-hydrogen) atoms. The van der Waals surface area contributed by atoms with Crippen molar-refractivity contribution in [3.05, 3.63) is 63.9 Å². The van der Waals surface area contributed by atoms with Gasteiger partial charge in [0.2, 0.25) is 0 Å². The Labute approximate surface area is 162 Å². The van der Waals surface area contributed by atoms with Crippen LogP contribution in [0.15, 0.2) is 42.0 Å². The molecule has 0 aliphatic carbocycles. The van der Waals surface area contributed by atoms with E-state index in [1.807, 2.05) is 17.9 Å². The number of nitrogens with zero attached hydrogens (tertiary/aromatic N) is 2. The second-order valence-electron chi connectivity index (χ2n) is 6.49. The van der Waals surface area contributed by atoms with Crippen LogP contribution in [-0.2, 0) is 4.79 Å². The first-order valence-electron chi connectivity index (χ1n) is 8.72. The van der Waals surface area contributed by atoms with E-state index in [0.29, 0.717) is 22.0 Å². The minimum atomic E-state index is -0.563. The molecular formula is C21H19ClFN3O. The van der Waals surface area contributed by atoms with E-state index in [9.17, 15) is 14.4 Å². The number of hydrogen-bond donors (Lipinski definition) is 1. The van der Waals surface area contributed by atoms with Gasteiger partial charge in [-0.15, -0.1) is 0 Å². The van der Waals surface area contributed by atoms with Crippen LogP contribution in [0.3, 0.4) is 0 Å². The SMILES string of the molecule is Cc1ccc(Cl)cc1NC(=O)/C(C#N)=C\c1ccc(N2CCCC2)c(F)c1. The molecule has 0 radical (unpaired) electrons. The lowest BCUT2D eigenvalue weighted by Crippen LogP contribution is -2.18. The van der Waals surface area contributed by atoms with Gasteiger partial charge in [-0.1, -0.05) is 23.7 Å². The number of amides is 1. The second-order valence-corrected chi connectivity index (χ2v) is 6.92. The molecule has 4 nitrogen and oxygen atoms in total. The highest BCUT2D eigenvalue weighted by Crippen LogP contribution is 2.25. The van der Waals surface area contributed by atoms with E-state index >= 15 is 0 Å². The molecule has 0 bridgehead atoms. The zero-order valence-corrected chi connectivity index (χ0v) is 15.7. The highest BCUT2D eigenvalue weighted by atomic mass is 35.5. The highest BCUT2D eigenvalue weighted by Gasteiger charge is 2.17. The van der Waals surface area contributed by atoms with Crippen molar-refractivity contribution in [2.45, 2.75) is 19.8 Å². The van der Waals surface area contributed by atoms with Gasteiger partial charge in [-0.25, -0.2) is 4.39 Å². The Hall–Kier alpha value is -2.84. The third kappa shape index (κ3) is 4.47. The summed E-state index contributed by atoms with van der Waals surface area (Å²) < 4.78 is 14.4. The fourth-order valence-corrected chi connectivity index (χ4v) is 3.23. The third-order valence-electron chi connectivity index (χ3n) is 4.54. The number of nitriles is 1. The summed E-state index contributed by atoms with van der Waals surface area (Å²) in [5, 5.41) is 12.5. The maximum absolute atomic E-state index is 14.4. The van der Waals surface area contributed by atoms with Crippen molar-refractivity contribution in [2.75, 3.05) is 23.3 Å². The van der Waals surface area contributed by atoms with Crippen LogP contribution in [0, 0.1) is 24.1 Å². The van der Waals surface area contributed by atoms with Gasteiger partial charge in [0.1, 0.15) is 17.5 Å². The van der Waals surface area contributed by atoms with Crippen LogP contribution in [0.5, 0.6) is 0 Å². The fraction of sp³-hybridized carbons (Fsp3) is 0.238. The van der Waals surface area contributed by atoms with Crippen LogP contribution in [0.1, 0.15) is 24.0 Å². The molecule has 1 heterocycles. The van der Waals surface area contributed by atoms with Gasteiger partial charge >= 0.3 is 0 Å². The number of aryl methyl sites for hydroxylation is 1. The van der Waals surface area contributed by atoms with E-state index in [4.69, 9.17) is 11.6 Å². The molecule has 0 atom stereocenters. The summed E-state index contributed by atoms with van der Waals surface area (Å²) in [5.74, 6) is -0.916. The van der Waals surface area contributed by atoms with Gasteiger partial charge < -0.3 is 10.2 Å². The highest BCUT2D eigenvalue weighted by molar-refractivity contribution is 6.31. The van der Waals surface area contributed by atoms with Gasteiger partial charge in [-0.3, -0.25) is 4.79 Å². The van der Waals surface area contributed by atoms with Gasteiger partial charge in [-0.2, -0.15) is 5.26 Å². The maximum Gasteiger partial charge on any atom is 0.266 e. The zero-order valence-electron chi connectivity index (χ0n) is 14.9. The lowest BCUT2D eigenvalue weighted by Gasteiger charge is -2.18. The number of anilines is 2. The Kier molecular flexibility index (Phi) is 5.78. The average molecular weight is 384 g/mol. The van der Waals surface area contributed by atoms with Crippen LogP contribution >= 0.6 is 11.6 Å². The lowest BCUT2D eigenvalue weighted by atomic mass is 10.1. The average Bonchev–Trinajstić information content (AvgIpc) is 3.17. The second kappa shape index (κ2) is 8.24. The minimum absolute atomic E-state index is 0.109. The summed E-state index contributed by atoms with van der Waals surface area (Å²) in [6, 6.07) is 11.8. The molecule has 6 heteroatoms. The molecule has 1 N–H and O–H groups in total. The number of halogens is 2. The first kappa shape index (κ1) is 18.9. The molecule has 2 aromatic carbocycles. The monoisotopic (exact) mass is 383 g/mol. The van der Waals surface area contributed by atoms with Crippen molar-refractivity contribution in [3.63, 3.8) is 0 Å². The summed E-state index contributed by atoms with van der Waals surface area (Å²) in [4.78, 5) is 14.4. The van der Waals surface area contributed by atoms with Crippen molar-refractivity contribution < 1.29 is 9.18 Å². The first-order valence-corrected chi connectivity index (χ1v) is 9.09. The number of hydrogen-bond acceptors (Lipinski definition) is 3. The van der Waals surface area contributed by atoms with E-state index in [2.05, 4.69) is 5.32 Å². The summed E-state index contributed by atoms with van der Waals surface area (Å²) in [6.45, 7) is 3.52. The Morgan fingerprint density at radius 2 is 2.00 bits per heavy atom. The predicted molar refractivity (Wildman–Crippen MR) is 106 cm³/mol. The summed E-state index contributed by atoms with van der Waals surface area (Å²) >= 11 is 5.95. The van der Waals surface area contributed by atoms with E-state index in [0.717, 1.165) is 31.5 Å². The van der Waals surface area contributed by atoms with Crippen molar-refractivity contribution >= 4 is 35.0 Å². The van der Waals surface area contributed by atoms with Crippen molar-refractivity contribution in [1.29, 1.82) is 5.26 Å². The zero-order chi connectivity index (χ0) is 19.4. The predicted octanol–water partition coefficient (Wildman–Crippen LogP) is 4.93. The third-order valence-corrected chi connectivity index (χ3v) is 4.78. The fourth-order valence-electron chi connectivity index (χ4n) is 3.06. The van der Waals surface area contributed by atoms with Crippen molar-refractivity contribution in [2.24, 2.45) is 0 Å². The first-order chi connectivity index (χ1) is 13.0. The molecule has 0 spiro atoms. The van der Waals surface area contributed by atoms with E-state index in [1.54, 1.807) is 30.3 Å². The molecule has 1 aliphatic heterocycles. The quantitative estimate of drug-likeness (QED) is 0.601. The molecule has 138 valence electrons. The van der Waals surface area contributed by atoms with Crippen LogP contribution in [-0.4, -0.2) is 19.0 Å². The normalized spacial score (nSPS) is 14.1. The molecule has 1 saturated heterocycles. The molecule has 2 aromatic rings. The Morgan fingerprint density at radius 1 is 1.26 bits per heavy atom. The van der Waals surface area contributed by atoms with Crippen LogP contribution in [0.25, 0.3) is 6.08 Å². The Morgan fingerprint density at radius 3 is 2.67 bits per heavy atom. The topological polar surface area (TPSA) is 56.1 Å². The molecule has 3 rings (SSSR count). The van der Waals surface area contributed by atoms with Gasteiger partial charge in [-0.05, 0) is 61.2 Å². The molecular weight excluding hydrogens is 365 g/mol. The molecule has 1 aliphatic rings. The van der Waals surface area contributed by atoms with Gasteiger partial charge in [0.05, 0.1) is 5.69 Å². The number of benzene rings is 2. The number of carbonyl (C=O) groups is 1. The summed E-state index contributed by atoms with van der Waals surface area (Å²) in [7, 11) is 0. The van der Waals surface area contributed by atoms with E-state index in [1.165, 1.54) is 12.1 Å². The lowest BCUT2D eigenvalue weighted by molar-refractivity contribution is -0.112. The van der Waals surface area contributed by atoms with E-state index < -0.39 is 5.91 Å². The molecule has 0 aromatic heterocycles. The molecule has 1 amide bonds. The van der Waals surface area contributed by atoms with Gasteiger partial charge in [0.15, 0.2) is 0 Å². The molecule has 0 saturated carbocycles. The van der Waals surface area contributed by atoms with E-state index in [-0.39, 0.29) is 11.4 Å². The smallest absolute Gasteiger partial charge is 0.266 e. The number of rotatable bonds is 4. The van der Waals surface area contributed by atoms with Crippen molar-refractivity contribution in [3.8, 4) is 6.07 Å². The number of nitrogens with one attached hydrogen (secondary N) is 1. The van der Waals surface area contributed by atoms with Gasteiger partial charge in [0.25, 0.3) is 5.91 Å². The molecule has 1 fully saturated rings. The molecule has 0 unspecified atom stereocenters. The Bertz CT molecular complexity index is 943.